The van der Waals surface area contributed by atoms with E-state index in [1.54, 1.807) is 54.0 Å². The Hall–Kier alpha value is -14.3. The quantitative estimate of drug-likeness (QED) is 0.0531. The zero-order valence-electron chi connectivity index (χ0n) is 56.3. The molecule has 0 bridgehead atoms. The van der Waals surface area contributed by atoms with E-state index in [0.717, 1.165) is 85.3 Å². The van der Waals surface area contributed by atoms with Crippen molar-refractivity contribution in [2.24, 2.45) is 0 Å². The highest BCUT2D eigenvalue weighted by Crippen LogP contribution is 2.30. The summed E-state index contributed by atoms with van der Waals surface area (Å²) in [5.41, 5.74) is 34.4. The molecular weight excluding hydrogens is 1400 g/mol. The number of aromatic nitrogens is 21. The third kappa shape index (κ3) is 16.5. The molecule has 12 N–H and O–H groups in total. The zero-order valence-corrected chi connectivity index (χ0v) is 57.8. The zero-order chi connectivity index (χ0) is 74.3. The van der Waals surface area contributed by atoms with E-state index < -0.39 is 6.36 Å². The lowest BCUT2D eigenvalue weighted by molar-refractivity contribution is -0.274. The fourth-order valence-corrected chi connectivity index (χ4v) is 11.1. The molecule has 0 amide bonds. The van der Waals surface area contributed by atoms with Gasteiger partial charge in [-0.25, -0.2) is 24.9 Å². The van der Waals surface area contributed by atoms with E-state index in [1.165, 1.54) is 18.3 Å². The lowest BCUT2D eigenvalue weighted by Crippen LogP contribution is -2.17. The molecule has 0 saturated heterocycles. The maximum Gasteiger partial charge on any atom is 0.573 e. The largest absolute Gasteiger partial charge is 0.573 e. The van der Waals surface area contributed by atoms with Crippen molar-refractivity contribution >= 4 is 138 Å². The van der Waals surface area contributed by atoms with Crippen molar-refractivity contribution in [2.75, 3.05) is 44.2 Å². The fourth-order valence-electron chi connectivity index (χ4n) is 10.8. The summed E-state index contributed by atoms with van der Waals surface area (Å²) in [4.78, 5) is 73.3. The van der Waals surface area contributed by atoms with Crippen molar-refractivity contribution in [3.63, 3.8) is 0 Å². The number of nitrogen functional groups attached to an aromatic ring is 4. The predicted molar refractivity (Wildman–Crippen MR) is 397 cm³/mol. The summed E-state index contributed by atoms with van der Waals surface area (Å²) >= 11 is 11.9. The van der Waals surface area contributed by atoms with Gasteiger partial charge in [0.2, 0.25) is 71.4 Å². The van der Waals surface area contributed by atoms with Crippen LogP contribution in [-0.2, 0) is 0 Å². The molecule has 16 rings (SSSR count). The summed E-state index contributed by atoms with van der Waals surface area (Å²) in [6.45, 7) is 9.45. The Balaban J connectivity index is 0.000000125. The second-order valence-corrected chi connectivity index (χ2v) is 23.7. The summed E-state index contributed by atoms with van der Waals surface area (Å²) in [7, 11) is 0. The maximum atomic E-state index is 12.3. The molecule has 0 aliphatic carbocycles. The molecule has 0 fully saturated rings. The second kappa shape index (κ2) is 30.1. The number of nitriles is 1. The van der Waals surface area contributed by atoms with Crippen molar-refractivity contribution in [3.8, 4) is 35.6 Å². The number of nitrogens with two attached hydrogens (primary N) is 4. The standard InChI is InChI=1S/C18H14N8.C18H17N7.C17H12ClF3N8O.C17H14ClN7/c1-11-21-14-4-2-3-5-15(14)26(11)18-24-16(20)23-17(25-18)22-13-8-6-12(10-19)7-9-13;1-11-6-5-7-13(10-11)21-17-22-16(19)23-18(24-17)25-12(2)20-14-8-3-4-9-15(14)25;1-8-24-13-12(6-9(18)7-23-13)29(8)16-27-14(22)26-15(28-16)25-10-2-4-11(5-3-10)30-17(19,20)21;1-10-20-13-4-2-3-5-14(13)25(10)17-23-15(19)22-16(24-17)21-12-8-6-11(18)7-9-12/h2-9H,1H3,(H3,20,22,23,24,25);3-10H,1-2H3,(H3,19,21,22,23,24);2-7H,1H3,(H3,22,25,26,27,28);2-9H,1H3,(H3,19,21,22,23,24). The molecule has 16 aromatic rings. The predicted octanol–water partition coefficient (Wildman–Crippen LogP) is 13.2. The molecule has 0 aliphatic heterocycles. The lowest BCUT2D eigenvalue weighted by atomic mass is 10.2. The molecule has 0 spiro atoms. The van der Waals surface area contributed by atoms with Gasteiger partial charge in [-0.15, -0.1) is 13.2 Å². The number of ether oxygens (including phenoxy) is 1. The molecule has 9 heterocycles. The summed E-state index contributed by atoms with van der Waals surface area (Å²) < 4.78 is 47.8. The number of anilines is 12. The van der Waals surface area contributed by atoms with E-state index in [4.69, 9.17) is 51.4 Å². The van der Waals surface area contributed by atoms with Crippen molar-refractivity contribution in [2.45, 2.75) is 41.0 Å². The van der Waals surface area contributed by atoms with Gasteiger partial charge in [0.1, 0.15) is 29.0 Å². The third-order valence-electron chi connectivity index (χ3n) is 15.2. The molecule has 0 unspecified atom stereocenters. The van der Waals surface area contributed by atoms with Gasteiger partial charge in [-0.2, -0.15) is 65.1 Å². The highest BCUT2D eigenvalue weighted by molar-refractivity contribution is 6.31. The fraction of sp³-hybridized carbons (Fsp3) is 0.0857. The Morgan fingerprint density at radius 1 is 0.387 bits per heavy atom. The van der Waals surface area contributed by atoms with E-state index >= 15 is 0 Å². The lowest BCUT2D eigenvalue weighted by Gasteiger charge is -2.11. The maximum absolute atomic E-state index is 12.3. The van der Waals surface area contributed by atoms with Gasteiger partial charge in [0.25, 0.3) is 0 Å². The highest BCUT2D eigenvalue weighted by atomic mass is 35.5. The van der Waals surface area contributed by atoms with Crippen LogP contribution >= 0.6 is 23.2 Å². The first kappa shape index (κ1) is 70.1. The van der Waals surface area contributed by atoms with Crippen LogP contribution in [0.1, 0.15) is 34.4 Å². The van der Waals surface area contributed by atoms with E-state index in [1.807, 2.05) is 151 Å². The van der Waals surface area contributed by atoms with Crippen LogP contribution in [0.2, 0.25) is 10.0 Å². The van der Waals surface area contributed by atoms with Gasteiger partial charge >= 0.3 is 6.36 Å². The van der Waals surface area contributed by atoms with Gasteiger partial charge < -0.3 is 48.9 Å². The van der Waals surface area contributed by atoms with Crippen LogP contribution in [0.3, 0.4) is 0 Å². The SMILES string of the molecule is Cc1cccc(Nc2nc(N)nc(-n3c(C)nc4ccccc43)n2)c1.Cc1nc2ccccc2n1-c1nc(N)nc(Nc2ccc(C#N)cc2)n1.Cc1nc2ccccc2n1-c1nc(N)nc(Nc2ccc(Cl)cc2)n1.Cc1nc2ncc(Cl)cc2n1-c1nc(N)nc(Nc2ccc(OC(F)(F)F)cc2)n1. The Bertz CT molecular complexity index is 5950. The van der Waals surface area contributed by atoms with Gasteiger partial charge in [-0.3, -0.25) is 18.3 Å². The number of para-hydroxylation sites is 6. The van der Waals surface area contributed by atoms with Gasteiger partial charge in [0.15, 0.2) is 5.65 Å². The molecular formula is C70H57Cl2F3N30O. The van der Waals surface area contributed by atoms with Crippen molar-refractivity contribution in [1.29, 1.82) is 5.26 Å². The first-order valence-corrected chi connectivity index (χ1v) is 32.4. The number of aryl methyl sites for hydroxylation is 5. The Morgan fingerprint density at radius 3 is 1.15 bits per heavy atom. The number of nitrogens with zero attached hydrogens (tertiary/aromatic N) is 22. The number of pyridine rings is 1. The van der Waals surface area contributed by atoms with Crippen LogP contribution in [0.4, 0.5) is 83.5 Å². The topological polar surface area (TPSA) is 424 Å². The normalized spacial score (nSPS) is 11.1. The highest BCUT2D eigenvalue weighted by Gasteiger charge is 2.31. The molecule has 9 aromatic heterocycles. The van der Waals surface area contributed by atoms with Crippen LogP contribution < -0.4 is 48.9 Å². The number of benzene rings is 7. The van der Waals surface area contributed by atoms with Crippen LogP contribution in [0.5, 0.6) is 5.75 Å². The number of hydrogen-bond acceptors (Lipinski definition) is 27. The number of imidazole rings is 4. The summed E-state index contributed by atoms with van der Waals surface area (Å²) in [5.74, 6) is 5.35. The van der Waals surface area contributed by atoms with Gasteiger partial charge in [0.05, 0.1) is 55.3 Å². The first-order valence-electron chi connectivity index (χ1n) is 31.7. The number of alkyl halides is 3. The Labute approximate surface area is 608 Å². The minimum absolute atomic E-state index is 0.0734. The minimum Gasteiger partial charge on any atom is -0.406 e. The van der Waals surface area contributed by atoms with Crippen LogP contribution in [0, 0.1) is 45.9 Å². The van der Waals surface area contributed by atoms with E-state index in [9.17, 15) is 13.2 Å². The van der Waals surface area contributed by atoms with E-state index in [2.05, 4.69) is 117 Å². The molecule has 0 atom stereocenters. The molecule has 7 aromatic carbocycles. The van der Waals surface area contributed by atoms with Gasteiger partial charge in [0, 0.05) is 34.0 Å². The van der Waals surface area contributed by atoms with E-state index in [0.29, 0.717) is 74.0 Å². The molecule has 0 radical (unpaired) electrons. The number of rotatable bonds is 13. The number of nitrogens with one attached hydrogen (secondary N) is 4. The summed E-state index contributed by atoms with van der Waals surface area (Å²) in [5, 5.41) is 22.2. The minimum atomic E-state index is -4.77. The molecule has 36 heteroatoms. The smallest absolute Gasteiger partial charge is 0.406 e. The number of halogens is 5. The van der Waals surface area contributed by atoms with Gasteiger partial charge in [-0.1, -0.05) is 71.7 Å². The average molecular weight is 1460 g/mol. The Kier molecular flexibility index (Phi) is 19.9. The molecule has 0 saturated carbocycles. The van der Waals surface area contributed by atoms with Crippen molar-refractivity contribution in [3.05, 3.63) is 227 Å². The second-order valence-electron chi connectivity index (χ2n) is 22.8. The molecule has 528 valence electrons. The third-order valence-corrected chi connectivity index (χ3v) is 15.6. The van der Waals surface area contributed by atoms with E-state index in [-0.39, 0.29) is 41.4 Å². The van der Waals surface area contributed by atoms with Crippen molar-refractivity contribution < 1.29 is 17.9 Å². The first-order chi connectivity index (χ1) is 51.0. The molecule has 0 aliphatic rings. The van der Waals surface area contributed by atoms with Gasteiger partial charge in [-0.05, 0) is 168 Å². The Morgan fingerprint density at radius 2 is 0.755 bits per heavy atom. The van der Waals surface area contributed by atoms with Crippen LogP contribution in [-0.4, -0.2) is 109 Å². The number of hydrogen-bond donors (Lipinski definition) is 8. The van der Waals surface area contributed by atoms with Crippen LogP contribution in [0.25, 0.3) is 68.1 Å². The summed E-state index contributed by atoms with van der Waals surface area (Å²) in [6.07, 6.45) is -3.29. The average Bonchev–Trinajstić information content (AvgIpc) is 1.64. The van der Waals surface area contributed by atoms with Crippen molar-refractivity contribution in [1.82, 2.24) is 103 Å². The monoisotopic (exact) mass is 1460 g/mol. The number of fused-ring (bicyclic) bond motifs is 4. The molecule has 106 heavy (non-hydrogen) atoms. The molecule has 31 nitrogen and oxygen atoms in total. The van der Waals surface area contributed by atoms with Crippen LogP contribution in [0.15, 0.2) is 182 Å². The summed E-state index contributed by atoms with van der Waals surface area (Å²) in [6, 6.07) is 54.3.